The van der Waals surface area contributed by atoms with Crippen molar-refractivity contribution < 1.29 is 9.53 Å². The summed E-state index contributed by atoms with van der Waals surface area (Å²) < 4.78 is 6.13. The van der Waals surface area contributed by atoms with Gasteiger partial charge in [0.05, 0.1) is 5.54 Å². The van der Waals surface area contributed by atoms with Crippen molar-refractivity contribution in [2.75, 3.05) is 11.5 Å². The molecule has 0 bridgehead atoms. The van der Waals surface area contributed by atoms with Crippen LogP contribution in [0.3, 0.4) is 0 Å². The quantitative estimate of drug-likeness (QED) is 0.800. The number of carbonyl (C=O) groups excluding carboxylic acids is 1. The minimum Gasteiger partial charge on any atom is -0.447 e. The zero-order valence-electron chi connectivity index (χ0n) is 9.36. The van der Waals surface area contributed by atoms with Crippen LogP contribution in [-0.4, -0.2) is 23.2 Å². The van der Waals surface area contributed by atoms with Crippen LogP contribution in [0.15, 0.2) is 22.8 Å². The van der Waals surface area contributed by atoms with Gasteiger partial charge in [-0.1, -0.05) is 12.8 Å². The first kappa shape index (κ1) is 11.0. The summed E-state index contributed by atoms with van der Waals surface area (Å²) in [6.07, 6.45) is 5.78. The number of hydrogen-bond acceptors (Lipinski definition) is 3. The van der Waals surface area contributed by atoms with Gasteiger partial charge in [0, 0.05) is 10.7 Å². The van der Waals surface area contributed by atoms with Gasteiger partial charge in [-0.3, -0.25) is 4.90 Å². The maximum Gasteiger partial charge on any atom is 0.416 e. The summed E-state index contributed by atoms with van der Waals surface area (Å²) in [4.78, 5) is 17.9. The molecule has 4 nitrogen and oxygen atoms in total. The fraction of sp³-hybridized carbons (Fsp3) is 0.500. The average molecular weight is 297 g/mol. The van der Waals surface area contributed by atoms with Crippen LogP contribution < -0.4 is 4.90 Å². The van der Waals surface area contributed by atoms with E-state index in [1.165, 1.54) is 0 Å². The first-order valence-electron chi connectivity index (χ1n) is 5.80. The average Bonchev–Trinajstić information content (AvgIpc) is 2.91. The van der Waals surface area contributed by atoms with Crippen molar-refractivity contribution in [3.05, 3.63) is 22.8 Å². The van der Waals surface area contributed by atoms with Gasteiger partial charge in [-0.05, 0) is 40.9 Å². The van der Waals surface area contributed by atoms with Crippen LogP contribution in [-0.2, 0) is 4.74 Å². The van der Waals surface area contributed by atoms with Gasteiger partial charge in [0.1, 0.15) is 12.4 Å². The molecule has 1 aromatic heterocycles. The lowest BCUT2D eigenvalue weighted by Crippen LogP contribution is -2.45. The van der Waals surface area contributed by atoms with Crippen molar-refractivity contribution >= 4 is 27.8 Å². The number of rotatable bonds is 1. The third-order valence-electron chi connectivity index (χ3n) is 3.60. The molecule has 0 N–H and O–H groups in total. The summed E-state index contributed by atoms with van der Waals surface area (Å²) in [6.45, 7) is 0.504. The Hall–Kier alpha value is -1.10. The van der Waals surface area contributed by atoms with Gasteiger partial charge >= 0.3 is 6.09 Å². The van der Waals surface area contributed by atoms with Gasteiger partial charge in [0.15, 0.2) is 0 Å². The van der Waals surface area contributed by atoms with E-state index in [4.69, 9.17) is 4.74 Å². The number of hydrogen-bond donors (Lipinski definition) is 0. The van der Waals surface area contributed by atoms with E-state index in [1.54, 1.807) is 11.1 Å². The molecule has 90 valence electrons. The molecule has 3 rings (SSSR count). The summed E-state index contributed by atoms with van der Waals surface area (Å²) >= 11 is 3.35. The molecule has 2 aliphatic rings. The van der Waals surface area contributed by atoms with E-state index in [0.717, 1.165) is 30.2 Å². The third kappa shape index (κ3) is 1.73. The smallest absolute Gasteiger partial charge is 0.416 e. The number of carbonyl (C=O) groups is 1. The molecule has 1 saturated heterocycles. The van der Waals surface area contributed by atoms with Gasteiger partial charge in [0.2, 0.25) is 0 Å². The lowest BCUT2D eigenvalue weighted by atomic mass is 9.98. The molecule has 1 saturated carbocycles. The van der Waals surface area contributed by atoms with Crippen LogP contribution in [0.1, 0.15) is 25.7 Å². The van der Waals surface area contributed by atoms with Gasteiger partial charge in [-0.25, -0.2) is 9.78 Å². The van der Waals surface area contributed by atoms with Crippen LogP contribution in [0.2, 0.25) is 0 Å². The van der Waals surface area contributed by atoms with Crippen molar-refractivity contribution in [3.8, 4) is 0 Å². The zero-order valence-corrected chi connectivity index (χ0v) is 10.9. The first-order chi connectivity index (χ1) is 8.21. The molecule has 1 aromatic rings. The predicted octanol–water partition coefficient (Wildman–Crippen LogP) is 3.11. The molecule has 2 heterocycles. The normalized spacial score (nSPS) is 22.2. The van der Waals surface area contributed by atoms with Crippen LogP contribution in [0, 0.1) is 0 Å². The second-order valence-corrected chi connectivity index (χ2v) is 5.57. The van der Waals surface area contributed by atoms with Crippen molar-refractivity contribution in [1.82, 2.24) is 4.98 Å². The highest BCUT2D eigenvalue weighted by atomic mass is 79.9. The number of cyclic esters (lactones) is 1. The van der Waals surface area contributed by atoms with E-state index < -0.39 is 0 Å². The standard InChI is InChI=1S/C12H13BrN2O2/c13-9-3-4-10(14-7-9)15-11(16)17-8-12(15)5-1-2-6-12/h3-4,7H,1-2,5-6,8H2. The van der Waals surface area contributed by atoms with E-state index in [9.17, 15) is 4.79 Å². The Labute approximate surface area is 108 Å². The Morgan fingerprint density at radius 2 is 2.12 bits per heavy atom. The number of ether oxygens (including phenoxy) is 1. The second-order valence-electron chi connectivity index (χ2n) is 4.66. The lowest BCUT2D eigenvalue weighted by Gasteiger charge is -2.30. The maximum atomic E-state index is 11.9. The third-order valence-corrected chi connectivity index (χ3v) is 4.07. The molecular weight excluding hydrogens is 284 g/mol. The van der Waals surface area contributed by atoms with Crippen molar-refractivity contribution in [2.45, 2.75) is 31.2 Å². The summed E-state index contributed by atoms with van der Waals surface area (Å²) in [5.41, 5.74) is -0.141. The molecule has 1 aliphatic heterocycles. The zero-order chi connectivity index (χ0) is 11.9. The van der Waals surface area contributed by atoms with Crippen molar-refractivity contribution in [2.24, 2.45) is 0 Å². The molecule has 0 aromatic carbocycles. The molecule has 1 aliphatic carbocycles. The molecule has 1 spiro atoms. The van der Waals surface area contributed by atoms with Gasteiger partial charge in [0.25, 0.3) is 0 Å². The topological polar surface area (TPSA) is 42.4 Å². The monoisotopic (exact) mass is 296 g/mol. The fourth-order valence-electron chi connectivity index (χ4n) is 2.76. The molecule has 17 heavy (non-hydrogen) atoms. The van der Waals surface area contributed by atoms with E-state index in [1.807, 2.05) is 12.1 Å². The van der Waals surface area contributed by atoms with Gasteiger partial charge < -0.3 is 4.74 Å². The van der Waals surface area contributed by atoms with Crippen LogP contribution in [0.5, 0.6) is 0 Å². The fourth-order valence-corrected chi connectivity index (χ4v) is 2.99. The Bertz CT molecular complexity index is 440. The highest BCUT2D eigenvalue weighted by molar-refractivity contribution is 9.10. The van der Waals surface area contributed by atoms with E-state index in [2.05, 4.69) is 20.9 Å². The van der Waals surface area contributed by atoms with E-state index in [-0.39, 0.29) is 11.6 Å². The molecule has 0 atom stereocenters. The number of aromatic nitrogens is 1. The summed E-state index contributed by atoms with van der Waals surface area (Å²) in [5, 5.41) is 0. The SMILES string of the molecule is O=C1OCC2(CCCC2)N1c1ccc(Br)cn1. The maximum absolute atomic E-state index is 11.9. The van der Waals surface area contributed by atoms with Crippen LogP contribution in [0.4, 0.5) is 10.6 Å². The Balaban J connectivity index is 1.98. The van der Waals surface area contributed by atoms with Gasteiger partial charge in [-0.15, -0.1) is 0 Å². The van der Waals surface area contributed by atoms with Crippen LogP contribution >= 0.6 is 15.9 Å². The minimum absolute atomic E-state index is 0.141. The molecule has 5 heteroatoms. The summed E-state index contributed by atoms with van der Waals surface area (Å²) in [5.74, 6) is 0.692. The van der Waals surface area contributed by atoms with E-state index in [0.29, 0.717) is 12.4 Å². The van der Waals surface area contributed by atoms with Crippen molar-refractivity contribution in [3.63, 3.8) is 0 Å². The Morgan fingerprint density at radius 3 is 2.76 bits per heavy atom. The predicted molar refractivity (Wildman–Crippen MR) is 67.0 cm³/mol. The molecule has 2 fully saturated rings. The van der Waals surface area contributed by atoms with Gasteiger partial charge in [-0.2, -0.15) is 0 Å². The second kappa shape index (κ2) is 3.98. The number of halogens is 1. The number of nitrogens with zero attached hydrogens (tertiary/aromatic N) is 2. The lowest BCUT2D eigenvalue weighted by molar-refractivity contribution is 0.173. The largest absolute Gasteiger partial charge is 0.447 e. The Kier molecular flexibility index (Phi) is 2.58. The molecule has 0 radical (unpaired) electrons. The molecular formula is C12H13BrN2O2. The number of anilines is 1. The summed E-state index contributed by atoms with van der Waals surface area (Å²) in [6, 6.07) is 3.76. The number of amides is 1. The molecule has 1 amide bonds. The summed E-state index contributed by atoms with van der Waals surface area (Å²) in [7, 11) is 0. The van der Waals surface area contributed by atoms with Crippen molar-refractivity contribution in [1.29, 1.82) is 0 Å². The highest BCUT2D eigenvalue weighted by Gasteiger charge is 2.50. The highest BCUT2D eigenvalue weighted by Crippen LogP contribution is 2.41. The van der Waals surface area contributed by atoms with Crippen LogP contribution in [0.25, 0.3) is 0 Å². The van der Waals surface area contributed by atoms with E-state index >= 15 is 0 Å². The first-order valence-corrected chi connectivity index (χ1v) is 6.59. The minimum atomic E-state index is -0.262. The number of pyridine rings is 1. The Morgan fingerprint density at radius 1 is 1.35 bits per heavy atom. The molecule has 0 unspecified atom stereocenters.